The van der Waals surface area contributed by atoms with E-state index in [1.165, 1.54) is 11.3 Å². The minimum atomic E-state index is -0.0670. The third-order valence-electron chi connectivity index (χ3n) is 1.75. The minimum absolute atomic E-state index is 0.0670. The summed E-state index contributed by atoms with van der Waals surface area (Å²) in [6.45, 7) is 0.432. The number of carbonyl (C=O) groups excluding carboxylic acids is 1. The van der Waals surface area contributed by atoms with E-state index in [4.69, 9.17) is 0 Å². The molecule has 0 aliphatic rings. The first-order valence-electron chi connectivity index (χ1n) is 4.15. The van der Waals surface area contributed by atoms with Gasteiger partial charge in [-0.15, -0.1) is 0 Å². The normalized spacial score (nSPS) is 10.0. The van der Waals surface area contributed by atoms with E-state index < -0.39 is 0 Å². The predicted molar refractivity (Wildman–Crippen MR) is 54.1 cm³/mol. The molecule has 0 bridgehead atoms. The van der Waals surface area contributed by atoms with Gasteiger partial charge >= 0.3 is 0 Å². The fraction of sp³-hybridized carbons (Fsp3) is 0.111. The van der Waals surface area contributed by atoms with Gasteiger partial charge in [0.15, 0.2) is 0 Å². The lowest BCUT2D eigenvalue weighted by atomic mass is 10.3. The second-order valence-electron chi connectivity index (χ2n) is 2.73. The molecule has 0 aliphatic heterocycles. The molecule has 2 N–H and O–H groups in total. The van der Waals surface area contributed by atoms with Gasteiger partial charge in [0.05, 0.1) is 6.54 Å². The molecular formula is C9H9N3OS. The van der Waals surface area contributed by atoms with Gasteiger partial charge in [-0.25, -0.2) is 4.98 Å². The maximum atomic E-state index is 11.5. The highest BCUT2D eigenvalue weighted by Crippen LogP contribution is 2.05. The van der Waals surface area contributed by atoms with Gasteiger partial charge in [0.25, 0.3) is 5.91 Å². The van der Waals surface area contributed by atoms with Gasteiger partial charge in [0.1, 0.15) is 5.82 Å². The van der Waals surface area contributed by atoms with Crippen LogP contribution >= 0.6 is 11.3 Å². The Kier molecular flexibility index (Phi) is 2.60. The van der Waals surface area contributed by atoms with Gasteiger partial charge in [0.2, 0.25) is 0 Å². The van der Waals surface area contributed by atoms with Crippen molar-refractivity contribution in [1.82, 2.24) is 15.3 Å². The minimum Gasteiger partial charge on any atom is -0.347 e. The zero-order valence-electron chi connectivity index (χ0n) is 7.36. The van der Waals surface area contributed by atoms with Crippen molar-refractivity contribution in [3.8, 4) is 0 Å². The van der Waals surface area contributed by atoms with Crippen LogP contribution in [0.5, 0.6) is 0 Å². The Bertz CT molecular complexity index is 394. The lowest BCUT2D eigenvalue weighted by Gasteiger charge is -2.00. The number of nitrogens with one attached hydrogen (secondary N) is 2. The number of nitrogens with zero attached hydrogens (tertiary/aromatic N) is 1. The molecule has 0 fully saturated rings. The zero-order valence-corrected chi connectivity index (χ0v) is 8.17. The molecular weight excluding hydrogens is 198 g/mol. The summed E-state index contributed by atoms with van der Waals surface area (Å²) in [6.07, 6.45) is 3.39. The van der Waals surface area contributed by atoms with E-state index in [-0.39, 0.29) is 5.91 Å². The summed E-state index contributed by atoms with van der Waals surface area (Å²) in [5.41, 5.74) is 0.696. The number of hydrogen-bond donors (Lipinski definition) is 2. The third kappa shape index (κ3) is 2.00. The lowest BCUT2D eigenvalue weighted by Crippen LogP contribution is -2.22. The van der Waals surface area contributed by atoms with Crippen LogP contribution in [0.25, 0.3) is 0 Å². The van der Waals surface area contributed by atoms with Crippen LogP contribution in [0.1, 0.15) is 16.2 Å². The van der Waals surface area contributed by atoms with Gasteiger partial charge < -0.3 is 10.3 Å². The van der Waals surface area contributed by atoms with Crippen molar-refractivity contribution in [3.05, 3.63) is 40.6 Å². The van der Waals surface area contributed by atoms with Gasteiger partial charge in [-0.1, -0.05) is 0 Å². The Labute approximate surface area is 85.0 Å². The van der Waals surface area contributed by atoms with Crippen LogP contribution in [0.3, 0.4) is 0 Å². The Balaban J connectivity index is 1.90. The quantitative estimate of drug-likeness (QED) is 0.799. The number of imidazole rings is 1. The Morgan fingerprint density at radius 3 is 3.21 bits per heavy atom. The number of amides is 1. The van der Waals surface area contributed by atoms with E-state index in [9.17, 15) is 4.79 Å². The summed E-state index contributed by atoms with van der Waals surface area (Å²) >= 11 is 1.51. The van der Waals surface area contributed by atoms with E-state index in [2.05, 4.69) is 15.3 Å². The van der Waals surface area contributed by atoms with E-state index in [0.717, 1.165) is 5.82 Å². The molecule has 72 valence electrons. The maximum absolute atomic E-state index is 11.5. The predicted octanol–water partition coefficient (Wildman–Crippen LogP) is 1.40. The van der Waals surface area contributed by atoms with Crippen LogP contribution < -0.4 is 5.32 Å². The molecule has 0 saturated heterocycles. The second-order valence-corrected chi connectivity index (χ2v) is 3.51. The maximum Gasteiger partial charge on any atom is 0.252 e. The molecule has 2 aromatic heterocycles. The van der Waals surface area contributed by atoms with Crippen LogP contribution in [-0.2, 0) is 6.54 Å². The summed E-state index contributed by atoms with van der Waals surface area (Å²) in [6, 6.07) is 1.79. The molecule has 0 saturated carbocycles. The van der Waals surface area contributed by atoms with E-state index in [0.29, 0.717) is 12.1 Å². The molecule has 0 radical (unpaired) electrons. The third-order valence-corrected chi connectivity index (χ3v) is 2.44. The molecule has 2 rings (SSSR count). The highest BCUT2D eigenvalue weighted by Gasteiger charge is 2.05. The molecule has 0 unspecified atom stereocenters. The Morgan fingerprint density at radius 2 is 2.57 bits per heavy atom. The summed E-state index contributed by atoms with van der Waals surface area (Å²) in [7, 11) is 0. The second kappa shape index (κ2) is 4.06. The van der Waals surface area contributed by atoms with E-state index >= 15 is 0 Å². The van der Waals surface area contributed by atoms with E-state index in [1.54, 1.807) is 18.5 Å². The number of carbonyl (C=O) groups is 1. The molecule has 0 atom stereocenters. The average molecular weight is 207 g/mol. The lowest BCUT2D eigenvalue weighted by molar-refractivity contribution is 0.0950. The van der Waals surface area contributed by atoms with E-state index in [1.807, 2.05) is 10.8 Å². The smallest absolute Gasteiger partial charge is 0.252 e. The number of aromatic nitrogens is 2. The molecule has 2 aromatic rings. The van der Waals surface area contributed by atoms with Crippen LogP contribution in [0, 0.1) is 0 Å². The zero-order chi connectivity index (χ0) is 9.80. The van der Waals surface area contributed by atoms with Crippen LogP contribution in [0.2, 0.25) is 0 Å². The highest BCUT2D eigenvalue weighted by atomic mass is 32.1. The first-order valence-corrected chi connectivity index (χ1v) is 5.09. The molecule has 2 heterocycles. The van der Waals surface area contributed by atoms with Crippen molar-refractivity contribution in [2.45, 2.75) is 6.54 Å². The molecule has 0 spiro atoms. The Hall–Kier alpha value is -1.62. The van der Waals surface area contributed by atoms with Crippen molar-refractivity contribution in [2.24, 2.45) is 0 Å². The molecule has 5 heteroatoms. The highest BCUT2D eigenvalue weighted by molar-refractivity contribution is 7.08. The molecule has 1 amide bonds. The topological polar surface area (TPSA) is 57.8 Å². The fourth-order valence-electron chi connectivity index (χ4n) is 1.05. The summed E-state index contributed by atoms with van der Waals surface area (Å²) < 4.78 is 0. The molecule has 4 nitrogen and oxygen atoms in total. The first kappa shape index (κ1) is 8.96. The number of rotatable bonds is 3. The molecule has 0 aliphatic carbocycles. The number of hydrogen-bond acceptors (Lipinski definition) is 3. The summed E-state index contributed by atoms with van der Waals surface area (Å²) in [4.78, 5) is 18.4. The van der Waals surface area contributed by atoms with Crippen LogP contribution in [0.15, 0.2) is 29.2 Å². The van der Waals surface area contributed by atoms with Gasteiger partial charge in [-0.2, -0.15) is 11.3 Å². The van der Waals surface area contributed by atoms with Gasteiger partial charge in [-0.05, 0) is 11.4 Å². The largest absolute Gasteiger partial charge is 0.347 e. The Morgan fingerprint density at radius 1 is 1.64 bits per heavy atom. The fourth-order valence-corrected chi connectivity index (χ4v) is 1.69. The van der Waals surface area contributed by atoms with Crippen molar-refractivity contribution < 1.29 is 4.79 Å². The molecule has 14 heavy (non-hydrogen) atoms. The van der Waals surface area contributed by atoms with Crippen molar-refractivity contribution in [1.29, 1.82) is 0 Å². The van der Waals surface area contributed by atoms with Crippen LogP contribution in [0.4, 0.5) is 0 Å². The van der Waals surface area contributed by atoms with Crippen molar-refractivity contribution in [2.75, 3.05) is 0 Å². The first-order chi connectivity index (χ1) is 6.86. The number of H-pyrrole nitrogens is 1. The van der Waals surface area contributed by atoms with Crippen LogP contribution in [-0.4, -0.2) is 15.9 Å². The van der Waals surface area contributed by atoms with Crippen molar-refractivity contribution >= 4 is 17.2 Å². The average Bonchev–Trinajstić information content (AvgIpc) is 2.87. The standard InChI is InChI=1S/C9H9N3OS/c13-9(7-1-4-14-6-7)12-5-8-10-2-3-11-8/h1-4,6H,5H2,(H,10,11)(H,12,13). The summed E-state index contributed by atoms with van der Waals surface area (Å²) in [5, 5.41) is 6.46. The monoisotopic (exact) mass is 207 g/mol. The van der Waals surface area contributed by atoms with Gasteiger partial charge in [0, 0.05) is 23.3 Å². The summed E-state index contributed by atoms with van der Waals surface area (Å²) in [5.74, 6) is 0.691. The number of aromatic amines is 1. The molecule has 0 aromatic carbocycles. The van der Waals surface area contributed by atoms with Gasteiger partial charge in [-0.3, -0.25) is 4.79 Å². The number of thiophene rings is 1. The SMILES string of the molecule is O=C(NCc1ncc[nH]1)c1ccsc1. The van der Waals surface area contributed by atoms with Crippen molar-refractivity contribution in [3.63, 3.8) is 0 Å².